The molecule has 0 saturated carbocycles. The first kappa shape index (κ1) is 17.1. The van der Waals surface area contributed by atoms with E-state index in [1.54, 1.807) is 0 Å². The molecule has 24 heavy (non-hydrogen) atoms. The second kappa shape index (κ2) is 8.36. The van der Waals surface area contributed by atoms with Gasteiger partial charge in [-0.2, -0.15) is 0 Å². The normalized spacial score (nSPS) is 16.0. The van der Waals surface area contributed by atoms with Crippen molar-refractivity contribution in [3.05, 3.63) is 36.1 Å². The molecule has 0 radical (unpaired) electrons. The molecule has 3 rings (SSSR count). The summed E-state index contributed by atoms with van der Waals surface area (Å²) in [5, 5.41) is 1.15. The lowest BCUT2D eigenvalue weighted by molar-refractivity contribution is -0.132. The fourth-order valence-corrected chi connectivity index (χ4v) is 3.70. The second-order valence-electron chi connectivity index (χ2n) is 7.07. The molecule has 1 fully saturated rings. The summed E-state index contributed by atoms with van der Waals surface area (Å²) >= 11 is 0. The quantitative estimate of drug-likeness (QED) is 0.701. The number of benzene rings is 1. The van der Waals surface area contributed by atoms with E-state index >= 15 is 0 Å². The van der Waals surface area contributed by atoms with Crippen LogP contribution in [-0.4, -0.2) is 23.9 Å². The third-order valence-corrected chi connectivity index (χ3v) is 5.22. The average molecular weight is 327 g/mol. The number of hydrogen-bond donors (Lipinski definition) is 0. The summed E-state index contributed by atoms with van der Waals surface area (Å²) in [6.07, 6.45) is 8.67. The largest absolute Gasteiger partial charge is 0.461 e. The Morgan fingerprint density at radius 1 is 1.21 bits per heavy atom. The number of para-hydroxylation sites is 1. The van der Waals surface area contributed by atoms with Gasteiger partial charge in [0.2, 0.25) is 5.91 Å². The predicted octanol–water partition coefficient (Wildman–Crippen LogP) is 5.18. The summed E-state index contributed by atoms with van der Waals surface area (Å²) in [5.41, 5.74) is 0.938. The number of hydrogen-bond acceptors (Lipinski definition) is 2. The Morgan fingerprint density at radius 2 is 2.00 bits per heavy atom. The Labute approximate surface area is 145 Å². The van der Waals surface area contributed by atoms with Crippen LogP contribution in [0.25, 0.3) is 11.0 Å². The first-order valence-electron chi connectivity index (χ1n) is 9.51. The van der Waals surface area contributed by atoms with Crippen molar-refractivity contribution in [2.75, 3.05) is 13.1 Å². The van der Waals surface area contributed by atoms with Gasteiger partial charge in [0.25, 0.3) is 0 Å². The minimum absolute atomic E-state index is 0.319. The summed E-state index contributed by atoms with van der Waals surface area (Å²) < 4.78 is 5.82. The lowest BCUT2D eigenvalue weighted by Gasteiger charge is -2.32. The van der Waals surface area contributed by atoms with Gasteiger partial charge < -0.3 is 9.32 Å². The highest BCUT2D eigenvalue weighted by molar-refractivity contribution is 5.78. The molecule has 0 aliphatic carbocycles. The predicted molar refractivity (Wildman–Crippen MR) is 98.0 cm³/mol. The van der Waals surface area contributed by atoms with E-state index in [1.165, 1.54) is 32.1 Å². The molecule has 3 nitrogen and oxygen atoms in total. The summed E-state index contributed by atoms with van der Waals surface area (Å²) in [6, 6.07) is 10.2. The van der Waals surface area contributed by atoms with E-state index in [0.29, 0.717) is 12.3 Å². The van der Waals surface area contributed by atoms with E-state index in [4.69, 9.17) is 4.42 Å². The van der Waals surface area contributed by atoms with Crippen LogP contribution in [0.5, 0.6) is 0 Å². The summed E-state index contributed by atoms with van der Waals surface area (Å²) in [4.78, 5) is 14.4. The molecule has 1 aliphatic rings. The molecule has 130 valence electrons. The van der Waals surface area contributed by atoms with Gasteiger partial charge in [0.05, 0.1) is 0 Å². The first-order chi connectivity index (χ1) is 11.8. The molecule has 1 saturated heterocycles. The molecule has 2 heterocycles. The fourth-order valence-electron chi connectivity index (χ4n) is 3.70. The Kier molecular flexibility index (Phi) is 5.95. The minimum atomic E-state index is 0.319. The zero-order valence-electron chi connectivity index (χ0n) is 14.8. The molecule has 3 heteroatoms. The van der Waals surface area contributed by atoms with Crippen molar-refractivity contribution < 1.29 is 9.21 Å². The first-order valence-corrected chi connectivity index (χ1v) is 9.51. The van der Waals surface area contributed by atoms with Crippen molar-refractivity contribution in [3.63, 3.8) is 0 Å². The van der Waals surface area contributed by atoms with Gasteiger partial charge in [0.1, 0.15) is 11.3 Å². The highest BCUT2D eigenvalue weighted by Gasteiger charge is 2.22. The number of fused-ring (bicyclic) bond motifs is 1. The Balaban J connectivity index is 1.40. The number of furan rings is 1. The van der Waals surface area contributed by atoms with Gasteiger partial charge in [-0.05, 0) is 37.3 Å². The van der Waals surface area contributed by atoms with Crippen LogP contribution in [0.4, 0.5) is 0 Å². The van der Waals surface area contributed by atoms with Crippen LogP contribution in [0.1, 0.15) is 57.6 Å². The number of piperidine rings is 1. The molecule has 0 unspecified atom stereocenters. The summed E-state index contributed by atoms with van der Waals surface area (Å²) in [6.45, 7) is 4.16. The van der Waals surface area contributed by atoms with E-state index in [1.807, 2.05) is 18.2 Å². The molecule has 0 spiro atoms. The lowest BCUT2D eigenvalue weighted by atomic mass is 9.91. The average Bonchev–Trinajstić information content (AvgIpc) is 3.03. The molecule has 1 aromatic heterocycles. The maximum atomic E-state index is 12.4. The van der Waals surface area contributed by atoms with Crippen LogP contribution >= 0.6 is 0 Å². The van der Waals surface area contributed by atoms with E-state index < -0.39 is 0 Å². The Morgan fingerprint density at radius 3 is 2.75 bits per heavy atom. The van der Waals surface area contributed by atoms with Gasteiger partial charge in [0, 0.05) is 31.3 Å². The van der Waals surface area contributed by atoms with Gasteiger partial charge in [-0.3, -0.25) is 4.79 Å². The van der Waals surface area contributed by atoms with Gasteiger partial charge in [-0.15, -0.1) is 0 Å². The van der Waals surface area contributed by atoms with Crippen LogP contribution < -0.4 is 0 Å². The zero-order valence-corrected chi connectivity index (χ0v) is 14.8. The zero-order chi connectivity index (χ0) is 16.8. The number of carbonyl (C=O) groups excluding carboxylic acids is 1. The number of unbranched alkanes of at least 4 members (excludes halogenated alkanes) is 1. The molecular formula is C21H29NO2. The minimum Gasteiger partial charge on any atom is -0.461 e. The van der Waals surface area contributed by atoms with Gasteiger partial charge in [-0.25, -0.2) is 0 Å². The standard InChI is InChI=1S/C21H29NO2/c1-2-3-7-17-12-14-22(15-13-17)21(23)11-6-9-19-16-18-8-4-5-10-20(18)24-19/h4-5,8,10,16-17H,2-3,6-7,9,11-15H2,1H3. The number of nitrogens with zero attached hydrogens (tertiary/aromatic N) is 1. The third kappa shape index (κ3) is 4.40. The van der Waals surface area contributed by atoms with Crippen molar-refractivity contribution in [3.8, 4) is 0 Å². The van der Waals surface area contributed by atoms with E-state index in [0.717, 1.165) is 48.6 Å². The fraction of sp³-hybridized carbons (Fsp3) is 0.571. The van der Waals surface area contributed by atoms with Crippen LogP contribution in [0.15, 0.2) is 34.7 Å². The van der Waals surface area contributed by atoms with E-state index in [-0.39, 0.29) is 0 Å². The molecule has 0 atom stereocenters. The third-order valence-electron chi connectivity index (χ3n) is 5.22. The smallest absolute Gasteiger partial charge is 0.222 e. The van der Waals surface area contributed by atoms with Crippen molar-refractivity contribution in [1.82, 2.24) is 4.90 Å². The van der Waals surface area contributed by atoms with Crippen LogP contribution in [0.3, 0.4) is 0 Å². The SMILES string of the molecule is CCCCC1CCN(C(=O)CCCc2cc3ccccc3o2)CC1. The van der Waals surface area contributed by atoms with Crippen LogP contribution in [-0.2, 0) is 11.2 Å². The maximum Gasteiger partial charge on any atom is 0.222 e. The monoisotopic (exact) mass is 327 g/mol. The lowest BCUT2D eigenvalue weighted by Crippen LogP contribution is -2.38. The molecule has 2 aromatic rings. The van der Waals surface area contributed by atoms with Crippen molar-refractivity contribution in [1.29, 1.82) is 0 Å². The Bertz CT molecular complexity index is 620. The molecule has 1 amide bonds. The number of aryl methyl sites for hydroxylation is 1. The number of carbonyl (C=O) groups is 1. The van der Waals surface area contributed by atoms with Gasteiger partial charge >= 0.3 is 0 Å². The Hall–Kier alpha value is -1.77. The summed E-state index contributed by atoms with van der Waals surface area (Å²) in [5.74, 6) is 2.15. The molecule has 1 aliphatic heterocycles. The van der Waals surface area contributed by atoms with Crippen molar-refractivity contribution in [2.45, 2.75) is 58.3 Å². The highest BCUT2D eigenvalue weighted by atomic mass is 16.3. The van der Waals surface area contributed by atoms with E-state index in [2.05, 4.69) is 24.0 Å². The number of amides is 1. The molecular weight excluding hydrogens is 298 g/mol. The number of likely N-dealkylation sites (tertiary alicyclic amines) is 1. The second-order valence-corrected chi connectivity index (χ2v) is 7.07. The molecule has 1 aromatic carbocycles. The van der Waals surface area contributed by atoms with Gasteiger partial charge in [-0.1, -0.05) is 44.4 Å². The van der Waals surface area contributed by atoms with E-state index in [9.17, 15) is 4.79 Å². The molecule has 0 N–H and O–H groups in total. The van der Waals surface area contributed by atoms with Crippen molar-refractivity contribution in [2.24, 2.45) is 5.92 Å². The molecule has 0 bridgehead atoms. The van der Waals surface area contributed by atoms with Crippen LogP contribution in [0, 0.1) is 5.92 Å². The van der Waals surface area contributed by atoms with Gasteiger partial charge in [0.15, 0.2) is 0 Å². The topological polar surface area (TPSA) is 33.5 Å². The highest BCUT2D eigenvalue weighted by Crippen LogP contribution is 2.24. The van der Waals surface area contributed by atoms with Crippen LogP contribution in [0.2, 0.25) is 0 Å². The maximum absolute atomic E-state index is 12.4. The number of rotatable bonds is 7. The summed E-state index contributed by atoms with van der Waals surface area (Å²) in [7, 11) is 0. The van der Waals surface area contributed by atoms with Crippen molar-refractivity contribution >= 4 is 16.9 Å².